The minimum absolute atomic E-state index is 0. The molecule has 6 heteroatoms. The molecular weight excluding hydrogens is 442 g/mol. The lowest BCUT2D eigenvalue weighted by molar-refractivity contribution is -0.630. The van der Waals surface area contributed by atoms with Crippen LogP contribution in [0.1, 0.15) is 63.0 Å². The van der Waals surface area contributed by atoms with E-state index in [0.29, 0.717) is 11.5 Å². The molecule has 3 rings (SSSR count). The van der Waals surface area contributed by atoms with Gasteiger partial charge in [0.2, 0.25) is 0 Å². The van der Waals surface area contributed by atoms with Crippen LogP contribution in [0, 0.1) is 0 Å². The smallest absolute Gasteiger partial charge is 0.356 e. The molecule has 0 aliphatic rings. The maximum Gasteiger partial charge on any atom is 0.356 e. The van der Waals surface area contributed by atoms with Crippen molar-refractivity contribution in [3.8, 4) is 5.75 Å². The third kappa shape index (κ3) is 4.24. The lowest BCUT2D eigenvalue weighted by Gasteiger charge is -2.28. The van der Waals surface area contributed by atoms with E-state index >= 15 is 0 Å². The Balaban J connectivity index is 0.00000320. The Morgan fingerprint density at radius 3 is 2.03 bits per heavy atom. The van der Waals surface area contributed by atoms with Crippen LogP contribution in [0.25, 0.3) is 11.0 Å². The zero-order valence-electron chi connectivity index (χ0n) is 18.9. The molecule has 0 aliphatic carbocycles. The molecule has 0 saturated heterocycles. The number of nitrogens with zero attached hydrogens (tertiary/aromatic N) is 2. The SMILES string of the molecule is C[n+]1c(N)n(CC(=O)c2cc(C(C)(C)C)c(O)c(C(C)(C)C)c2)c2ccccc21.[Br-]. The number of aromatic nitrogens is 2. The van der Waals surface area contributed by atoms with Crippen LogP contribution in [-0.2, 0) is 24.4 Å². The zero-order chi connectivity index (χ0) is 21.7. The molecule has 30 heavy (non-hydrogen) atoms. The van der Waals surface area contributed by atoms with Crippen molar-refractivity contribution in [2.24, 2.45) is 7.05 Å². The normalized spacial score (nSPS) is 12.1. The average Bonchev–Trinajstić information content (AvgIpc) is 2.85. The second-order valence-corrected chi connectivity index (χ2v) is 9.84. The van der Waals surface area contributed by atoms with Crippen molar-refractivity contribution in [3.05, 3.63) is 53.1 Å². The van der Waals surface area contributed by atoms with Crippen LogP contribution in [0.5, 0.6) is 5.75 Å². The number of halogens is 1. The lowest BCUT2D eigenvalue weighted by Crippen LogP contribution is -3.00. The van der Waals surface area contributed by atoms with Crippen LogP contribution in [0.4, 0.5) is 5.95 Å². The number of nitrogens with two attached hydrogens (primary N) is 1. The van der Waals surface area contributed by atoms with Crippen LogP contribution in [0.2, 0.25) is 0 Å². The molecule has 0 aliphatic heterocycles. The number of ketones is 1. The largest absolute Gasteiger partial charge is 1.00 e. The van der Waals surface area contributed by atoms with Gasteiger partial charge in [0.1, 0.15) is 23.3 Å². The van der Waals surface area contributed by atoms with Crippen molar-refractivity contribution in [2.45, 2.75) is 58.9 Å². The number of Topliss-reactive ketones (excluding diaryl/α,β-unsaturated/α-hetero) is 1. The van der Waals surface area contributed by atoms with Gasteiger partial charge in [0.25, 0.3) is 0 Å². The molecule has 0 atom stereocenters. The molecule has 0 saturated carbocycles. The van der Waals surface area contributed by atoms with Crippen molar-refractivity contribution in [1.82, 2.24) is 4.57 Å². The number of hydrogen-bond acceptors (Lipinski definition) is 3. The van der Waals surface area contributed by atoms with Gasteiger partial charge < -0.3 is 22.1 Å². The number of aryl methyl sites for hydroxylation is 1. The van der Waals surface area contributed by atoms with Gasteiger partial charge in [-0.2, -0.15) is 0 Å². The summed E-state index contributed by atoms with van der Waals surface area (Å²) in [5, 5.41) is 10.9. The highest BCUT2D eigenvalue weighted by atomic mass is 79.9. The fraction of sp³-hybridized carbons (Fsp3) is 0.417. The van der Waals surface area contributed by atoms with Gasteiger partial charge in [-0.05, 0) is 35.1 Å². The van der Waals surface area contributed by atoms with Crippen molar-refractivity contribution in [3.63, 3.8) is 0 Å². The number of nitrogen functional groups attached to an aromatic ring is 1. The van der Waals surface area contributed by atoms with Crippen LogP contribution in [0.15, 0.2) is 36.4 Å². The monoisotopic (exact) mass is 473 g/mol. The van der Waals surface area contributed by atoms with Gasteiger partial charge in [-0.25, -0.2) is 9.13 Å². The molecule has 0 radical (unpaired) electrons. The molecular formula is C24H32BrN3O2. The molecule has 0 fully saturated rings. The number of phenolic OH excluding ortho intramolecular Hbond substituents is 1. The second-order valence-electron chi connectivity index (χ2n) is 9.84. The summed E-state index contributed by atoms with van der Waals surface area (Å²) in [6.45, 7) is 12.4. The molecule has 5 nitrogen and oxygen atoms in total. The summed E-state index contributed by atoms with van der Waals surface area (Å²) in [7, 11) is 1.90. The fourth-order valence-electron chi connectivity index (χ4n) is 3.74. The Morgan fingerprint density at radius 1 is 1.03 bits per heavy atom. The molecule has 162 valence electrons. The molecule has 3 N–H and O–H groups in total. The standard InChI is InChI=1S/C24H31N3O2.BrH/c1-23(2,3)16-12-15(13-17(21(16)29)24(4,5)6)20(28)14-27-19-11-9-8-10-18(19)26(7)22(27)25;/h8-13,25H,14H2,1-7H3,(H,28,29);1H. The first-order valence-corrected chi connectivity index (χ1v) is 9.96. The number of anilines is 1. The van der Waals surface area contributed by atoms with E-state index in [0.717, 1.165) is 22.2 Å². The summed E-state index contributed by atoms with van der Waals surface area (Å²) in [6, 6.07) is 11.5. The first-order chi connectivity index (χ1) is 13.3. The van der Waals surface area contributed by atoms with E-state index in [2.05, 4.69) is 0 Å². The van der Waals surface area contributed by atoms with Crippen LogP contribution >= 0.6 is 0 Å². The molecule has 0 spiro atoms. The van der Waals surface area contributed by atoms with Gasteiger partial charge in [0, 0.05) is 16.7 Å². The Hall–Kier alpha value is -2.34. The highest BCUT2D eigenvalue weighted by Crippen LogP contribution is 2.40. The van der Waals surface area contributed by atoms with Crippen molar-refractivity contribution >= 4 is 22.8 Å². The molecule has 0 amide bonds. The molecule has 1 aromatic heterocycles. The Kier molecular flexibility index (Phi) is 6.43. The summed E-state index contributed by atoms with van der Waals surface area (Å²) in [5.41, 5.74) is 9.79. The number of benzene rings is 2. The van der Waals surface area contributed by atoms with E-state index in [9.17, 15) is 9.90 Å². The Bertz CT molecular complexity index is 1070. The van der Waals surface area contributed by atoms with Crippen LogP contribution < -0.4 is 27.3 Å². The summed E-state index contributed by atoms with van der Waals surface area (Å²) < 4.78 is 3.73. The Morgan fingerprint density at radius 2 is 1.53 bits per heavy atom. The minimum atomic E-state index is -0.286. The molecule has 2 aromatic carbocycles. The van der Waals surface area contributed by atoms with E-state index in [1.54, 1.807) is 0 Å². The van der Waals surface area contributed by atoms with E-state index in [4.69, 9.17) is 5.73 Å². The van der Waals surface area contributed by atoms with Crippen molar-refractivity contribution in [2.75, 3.05) is 5.73 Å². The number of para-hydroxylation sites is 2. The van der Waals surface area contributed by atoms with Crippen LogP contribution in [0.3, 0.4) is 0 Å². The molecule has 3 aromatic rings. The average molecular weight is 474 g/mol. The summed E-state index contributed by atoms with van der Waals surface area (Å²) in [4.78, 5) is 13.3. The Labute approximate surface area is 189 Å². The predicted molar refractivity (Wildman–Crippen MR) is 117 cm³/mol. The highest BCUT2D eigenvalue weighted by Gasteiger charge is 2.29. The number of carbonyl (C=O) groups excluding carboxylic acids is 1. The summed E-state index contributed by atoms with van der Waals surface area (Å²) >= 11 is 0. The maximum atomic E-state index is 13.3. The van der Waals surface area contributed by atoms with Gasteiger partial charge in [-0.1, -0.05) is 53.7 Å². The quantitative estimate of drug-likeness (QED) is 0.443. The number of fused-ring (bicyclic) bond motifs is 1. The first kappa shape index (κ1) is 23.9. The second kappa shape index (κ2) is 8.06. The van der Waals surface area contributed by atoms with Crippen molar-refractivity contribution in [1.29, 1.82) is 0 Å². The van der Waals surface area contributed by atoms with Crippen molar-refractivity contribution < 1.29 is 31.4 Å². The molecule has 0 unspecified atom stereocenters. The topological polar surface area (TPSA) is 72.1 Å². The number of imidazole rings is 1. The number of hydrogen-bond donors (Lipinski definition) is 2. The summed E-state index contributed by atoms with van der Waals surface area (Å²) in [5.74, 6) is 0.776. The van der Waals surface area contributed by atoms with E-state index in [1.807, 2.05) is 94.1 Å². The van der Waals surface area contributed by atoms with E-state index < -0.39 is 0 Å². The number of phenols is 1. The highest BCUT2D eigenvalue weighted by molar-refractivity contribution is 5.97. The van der Waals surface area contributed by atoms with Gasteiger partial charge in [-0.15, -0.1) is 0 Å². The van der Waals surface area contributed by atoms with E-state index in [-0.39, 0.29) is 45.9 Å². The van der Waals surface area contributed by atoms with Gasteiger partial charge in [0.05, 0.1) is 7.05 Å². The summed E-state index contributed by atoms with van der Waals surface area (Å²) in [6.07, 6.45) is 0. The van der Waals surface area contributed by atoms with Gasteiger partial charge in [0.15, 0.2) is 5.78 Å². The number of carbonyl (C=O) groups is 1. The third-order valence-electron chi connectivity index (χ3n) is 5.50. The number of aromatic hydroxyl groups is 1. The predicted octanol–water partition coefficient (Wildman–Crippen LogP) is 1.24. The van der Waals surface area contributed by atoms with Gasteiger partial charge >= 0.3 is 5.95 Å². The lowest BCUT2D eigenvalue weighted by atomic mass is 9.78. The molecule has 1 heterocycles. The molecule has 0 bridgehead atoms. The number of rotatable bonds is 3. The maximum absolute atomic E-state index is 13.3. The minimum Gasteiger partial charge on any atom is -1.00 e. The van der Waals surface area contributed by atoms with E-state index in [1.165, 1.54) is 0 Å². The third-order valence-corrected chi connectivity index (χ3v) is 5.50. The van der Waals surface area contributed by atoms with Gasteiger partial charge in [-0.3, -0.25) is 10.5 Å². The first-order valence-electron chi connectivity index (χ1n) is 9.96. The fourth-order valence-corrected chi connectivity index (χ4v) is 3.74. The zero-order valence-corrected chi connectivity index (χ0v) is 20.5. The van der Waals surface area contributed by atoms with Crippen LogP contribution in [-0.4, -0.2) is 15.5 Å².